The fourth-order valence-corrected chi connectivity index (χ4v) is 0.444. The summed E-state index contributed by atoms with van der Waals surface area (Å²) >= 11 is 0. The lowest BCUT2D eigenvalue weighted by Gasteiger charge is -1.98. The molecular formula is C4H9O2P. The number of hydrogen-bond donors (Lipinski definition) is 0. The van der Waals surface area contributed by atoms with Gasteiger partial charge in [0.25, 0.3) is 0 Å². The van der Waals surface area contributed by atoms with Gasteiger partial charge in [-0.2, -0.15) is 0 Å². The molecule has 1 atom stereocenters. The summed E-state index contributed by atoms with van der Waals surface area (Å²) in [5.74, 6) is 0. The molecule has 0 aliphatic rings. The van der Waals surface area contributed by atoms with E-state index < -0.39 is 0 Å². The fraction of sp³-hybridized carbons (Fsp3) is 1.00. The predicted octanol–water partition coefficient (Wildman–Crippen LogP) is 2.01. The van der Waals surface area contributed by atoms with Crippen LogP contribution in [0.5, 0.6) is 0 Å². The van der Waals surface area contributed by atoms with Crippen LogP contribution in [0.2, 0.25) is 0 Å². The van der Waals surface area contributed by atoms with E-state index in [9.17, 15) is 4.57 Å². The summed E-state index contributed by atoms with van der Waals surface area (Å²) < 4.78 is 14.3. The van der Waals surface area contributed by atoms with Crippen LogP contribution < -0.4 is 0 Å². The zero-order chi connectivity index (χ0) is 5.70. The van der Waals surface area contributed by atoms with Crippen molar-refractivity contribution in [3.63, 3.8) is 0 Å². The van der Waals surface area contributed by atoms with Crippen LogP contribution in [-0.2, 0) is 9.09 Å². The summed E-state index contributed by atoms with van der Waals surface area (Å²) in [6.45, 7) is 3.86. The van der Waals surface area contributed by atoms with Gasteiger partial charge in [-0.1, -0.05) is 6.92 Å². The molecule has 0 aliphatic heterocycles. The van der Waals surface area contributed by atoms with E-state index in [1.54, 1.807) is 0 Å². The first-order valence-electron chi connectivity index (χ1n) is 2.29. The van der Waals surface area contributed by atoms with Gasteiger partial charge in [0.2, 0.25) is 0 Å². The van der Waals surface area contributed by atoms with Crippen molar-refractivity contribution < 1.29 is 9.09 Å². The molecule has 0 aromatic heterocycles. The molecule has 0 bridgehead atoms. The third kappa shape index (κ3) is 3.90. The van der Waals surface area contributed by atoms with Crippen molar-refractivity contribution in [2.75, 3.05) is 0 Å². The van der Waals surface area contributed by atoms with Gasteiger partial charge in [0.1, 0.15) is 0 Å². The Kier molecular flexibility index (Phi) is 4.26. The molecule has 0 amide bonds. The summed E-state index contributed by atoms with van der Waals surface area (Å²) in [5.41, 5.74) is 0. The Morgan fingerprint density at radius 1 is 1.86 bits per heavy atom. The van der Waals surface area contributed by atoms with Crippen LogP contribution in [0.3, 0.4) is 0 Å². The molecule has 0 rings (SSSR count). The minimum Gasteiger partial charge on any atom is -0.291 e. The van der Waals surface area contributed by atoms with E-state index in [-0.39, 0.29) is 14.8 Å². The summed E-state index contributed by atoms with van der Waals surface area (Å²) in [6.07, 6.45) is 1.04. The second kappa shape index (κ2) is 4.23. The molecule has 0 saturated carbocycles. The highest BCUT2D eigenvalue weighted by molar-refractivity contribution is 7.17. The highest BCUT2D eigenvalue weighted by Gasteiger charge is 1.93. The maximum atomic E-state index is 9.65. The standard InChI is InChI=1S/C4H9O2P/c1-3-4(2)6-7-5/h4H,3H2,1-2H3. The Labute approximate surface area is 45.2 Å². The molecule has 0 spiro atoms. The van der Waals surface area contributed by atoms with E-state index in [0.717, 1.165) is 6.42 Å². The number of hydrogen-bond acceptors (Lipinski definition) is 2. The van der Waals surface area contributed by atoms with Gasteiger partial charge >= 0.3 is 8.69 Å². The van der Waals surface area contributed by atoms with Crippen LogP contribution in [0, 0.1) is 0 Å². The van der Waals surface area contributed by atoms with Crippen molar-refractivity contribution in [1.29, 1.82) is 0 Å². The highest BCUT2D eigenvalue weighted by atomic mass is 31.1. The molecule has 0 heterocycles. The van der Waals surface area contributed by atoms with E-state index in [2.05, 4.69) is 4.52 Å². The molecule has 7 heavy (non-hydrogen) atoms. The van der Waals surface area contributed by atoms with E-state index in [4.69, 9.17) is 0 Å². The third-order valence-corrected chi connectivity index (χ3v) is 1.24. The summed E-state index contributed by atoms with van der Waals surface area (Å²) in [5, 5.41) is 0. The van der Waals surface area contributed by atoms with E-state index in [0.29, 0.717) is 0 Å². The van der Waals surface area contributed by atoms with Crippen molar-refractivity contribution >= 4 is 8.69 Å². The van der Waals surface area contributed by atoms with Gasteiger partial charge < -0.3 is 0 Å². The highest BCUT2D eigenvalue weighted by Crippen LogP contribution is 2.03. The first-order valence-corrected chi connectivity index (χ1v) is 3.02. The molecule has 2 nitrogen and oxygen atoms in total. The van der Waals surface area contributed by atoms with Crippen LogP contribution >= 0.6 is 8.69 Å². The summed E-state index contributed by atoms with van der Waals surface area (Å²) in [7, 11) is -0.210. The quantitative estimate of drug-likeness (QED) is 0.532. The van der Waals surface area contributed by atoms with Gasteiger partial charge in [-0.25, -0.2) is 4.57 Å². The monoisotopic (exact) mass is 120 g/mol. The molecular weight excluding hydrogens is 111 g/mol. The van der Waals surface area contributed by atoms with Gasteiger partial charge in [-0.3, -0.25) is 4.52 Å². The smallest absolute Gasteiger partial charge is 0.291 e. The second-order valence-electron chi connectivity index (χ2n) is 1.40. The van der Waals surface area contributed by atoms with Gasteiger partial charge in [-0.15, -0.1) is 0 Å². The fourth-order valence-electron chi connectivity index (χ4n) is 0.148. The minimum atomic E-state index is -0.210. The molecule has 0 aromatic rings. The largest absolute Gasteiger partial charge is 0.327 e. The SMILES string of the molecule is CCC(C)OP=O. The average molecular weight is 120 g/mol. The van der Waals surface area contributed by atoms with Gasteiger partial charge in [0.05, 0.1) is 6.10 Å². The van der Waals surface area contributed by atoms with Crippen LogP contribution in [0.4, 0.5) is 0 Å². The van der Waals surface area contributed by atoms with E-state index >= 15 is 0 Å². The maximum Gasteiger partial charge on any atom is 0.327 e. The van der Waals surface area contributed by atoms with Gasteiger partial charge in [0.15, 0.2) is 0 Å². The van der Waals surface area contributed by atoms with Crippen molar-refractivity contribution in [2.24, 2.45) is 0 Å². The lowest BCUT2D eigenvalue weighted by atomic mass is 10.3. The lowest BCUT2D eigenvalue weighted by Crippen LogP contribution is -1.96. The Morgan fingerprint density at radius 2 is 2.43 bits per heavy atom. The predicted molar refractivity (Wildman–Crippen MR) is 28.4 cm³/mol. The Balaban J connectivity index is 2.98. The van der Waals surface area contributed by atoms with Crippen LogP contribution in [0.25, 0.3) is 0 Å². The van der Waals surface area contributed by atoms with Gasteiger partial charge in [0, 0.05) is 0 Å². The first-order chi connectivity index (χ1) is 3.31. The van der Waals surface area contributed by atoms with Gasteiger partial charge in [-0.05, 0) is 13.3 Å². The molecule has 0 radical (unpaired) electrons. The maximum absolute atomic E-state index is 9.65. The first kappa shape index (κ1) is 7.06. The zero-order valence-electron chi connectivity index (χ0n) is 4.55. The Morgan fingerprint density at radius 3 is 2.57 bits per heavy atom. The van der Waals surface area contributed by atoms with Crippen molar-refractivity contribution in [3.05, 3.63) is 0 Å². The van der Waals surface area contributed by atoms with Crippen LogP contribution in [-0.4, -0.2) is 6.10 Å². The lowest BCUT2D eigenvalue weighted by molar-refractivity contribution is 0.240. The molecule has 0 saturated heterocycles. The Bertz CT molecular complexity index is 55.7. The van der Waals surface area contributed by atoms with Crippen LogP contribution in [0.1, 0.15) is 20.3 Å². The molecule has 0 aromatic carbocycles. The van der Waals surface area contributed by atoms with E-state index in [1.807, 2.05) is 13.8 Å². The molecule has 1 unspecified atom stereocenters. The van der Waals surface area contributed by atoms with Crippen molar-refractivity contribution in [2.45, 2.75) is 26.4 Å². The third-order valence-electron chi connectivity index (χ3n) is 0.798. The van der Waals surface area contributed by atoms with E-state index in [1.165, 1.54) is 0 Å². The zero-order valence-corrected chi connectivity index (χ0v) is 5.44. The summed E-state index contributed by atoms with van der Waals surface area (Å²) in [6, 6.07) is 0. The minimum absolute atomic E-state index is 0.124. The number of rotatable bonds is 3. The normalized spacial score (nSPS) is 14.6. The molecule has 0 fully saturated rings. The van der Waals surface area contributed by atoms with Crippen molar-refractivity contribution in [1.82, 2.24) is 0 Å². The molecule has 0 N–H and O–H groups in total. The summed E-state index contributed by atoms with van der Waals surface area (Å²) in [4.78, 5) is 0. The second-order valence-corrected chi connectivity index (χ2v) is 1.76. The Hall–Kier alpha value is 0.0600. The van der Waals surface area contributed by atoms with Crippen molar-refractivity contribution in [3.8, 4) is 0 Å². The topological polar surface area (TPSA) is 26.3 Å². The average Bonchev–Trinajstić information content (AvgIpc) is 1.68. The van der Waals surface area contributed by atoms with Crippen LogP contribution in [0.15, 0.2) is 0 Å². The molecule has 0 aliphatic carbocycles. The molecule has 42 valence electrons. The molecule has 3 heteroatoms.